The maximum absolute atomic E-state index is 10.9. The second kappa shape index (κ2) is 8.03. The average Bonchev–Trinajstić information content (AvgIpc) is 3.23. The number of aryl methyl sites for hydroxylation is 2. The highest BCUT2D eigenvalue weighted by atomic mass is 32.2. The van der Waals surface area contributed by atoms with Crippen LogP contribution >= 0.6 is 11.3 Å². The molecule has 0 radical (unpaired) electrons. The second-order valence-corrected chi connectivity index (χ2v) is 8.03. The Bertz CT molecular complexity index is 997. The van der Waals surface area contributed by atoms with E-state index in [1.807, 2.05) is 10.1 Å². The highest BCUT2D eigenvalue weighted by Gasteiger charge is 2.18. The van der Waals surface area contributed by atoms with E-state index in [0.717, 1.165) is 22.7 Å². The van der Waals surface area contributed by atoms with Crippen molar-refractivity contribution in [2.24, 2.45) is 7.05 Å². The number of anilines is 2. The van der Waals surface area contributed by atoms with Gasteiger partial charge in [0.1, 0.15) is 6.33 Å². The van der Waals surface area contributed by atoms with Gasteiger partial charge in [-0.2, -0.15) is 8.42 Å². The Labute approximate surface area is 161 Å². The molecule has 3 N–H and O–H groups in total. The summed E-state index contributed by atoms with van der Waals surface area (Å²) < 4.78 is 34.3. The molecule has 3 rings (SSSR count). The molecule has 0 fully saturated rings. The SMILES string of the molecule is CCc1nc(C(Cc2ccc(NS(=O)(=O)O)cc2)Nc2ncn(C)n2)cs1. The number of hydrogen-bond acceptors (Lipinski definition) is 7. The minimum Gasteiger partial charge on any atom is -0.344 e. The van der Waals surface area contributed by atoms with Crippen molar-refractivity contribution in [1.82, 2.24) is 19.7 Å². The van der Waals surface area contributed by atoms with Crippen LogP contribution in [-0.4, -0.2) is 32.7 Å². The van der Waals surface area contributed by atoms with E-state index in [9.17, 15) is 8.42 Å². The van der Waals surface area contributed by atoms with E-state index in [1.54, 1.807) is 53.7 Å². The van der Waals surface area contributed by atoms with Gasteiger partial charge >= 0.3 is 10.3 Å². The standard InChI is InChI=1S/C16H20N6O3S2/c1-3-15-18-14(9-26-15)13(19-16-17-10-22(2)20-16)8-11-4-6-12(7-5-11)21-27(23,24)25/h4-7,9-10,13,21H,3,8H2,1-2H3,(H,19,20)(H,23,24,25). The molecule has 0 bridgehead atoms. The van der Waals surface area contributed by atoms with Crippen molar-refractivity contribution in [3.8, 4) is 0 Å². The number of hydrogen-bond donors (Lipinski definition) is 3. The molecule has 2 heterocycles. The maximum Gasteiger partial charge on any atom is 0.357 e. The monoisotopic (exact) mass is 408 g/mol. The Hall–Kier alpha value is -2.50. The van der Waals surface area contributed by atoms with Gasteiger partial charge in [-0.3, -0.25) is 14.0 Å². The molecule has 2 aromatic heterocycles. The molecule has 0 saturated carbocycles. The van der Waals surface area contributed by atoms with Crippen LogP contribution in [0.25, 0.3) is 0 Å². The minimum absolute atomic E-state index is 0.135. The van der Waals surface area contributed by atoms with E-state index in [1.165, 1.54) is 0 Å². The normalized spacial score (nSPS) is 12.7. The fourth-order valence-electron chi connectivity index (χ4n) is 2.53. The van der Waals surface area contributed by atoms with Gasteiger partial charge in [0.2, 0.25) is 5.95 Å². The van der Waals surface area contributed by atoms with E-state index in [2.05, 4.69) is 27.3 Å². The van der Waals surface area contributed by atoms with Gasteiger partial charge in [0, 0.05) is 12.4 Å². The van der Waals surface area contributed by atoms with Crippen LogP contribution in [0.5, 0.6) is 0 Å². The first-order valence-corrected chi connectivity index (χ1v) is 10.5. The fourth-order valence-corrected chi connectivity index (χ4v) is 3.76. The van der Waals surface area contributed by atoms with Gasteiger partial charge in [0.15, 0.2) is 0 Å². The number of thiazole rings is 1. The van der Waals surface area contributed by atoms with Gasteiger partial charge in [-0.15, -0.1) is 16.4 Å². The molecule has 11 heteroatoms. The first kappa shape index (κ1) is 19.3. The molecule has 0 saturated heterocycles. The number of rotatable bonds is 8. The van der Waals surface area contributed by atoms with E-state index < -0.39 is 10.3 Å². The molecule has 3 aromatic rings. The predicted octanol–water partition coefficient (Wildman–Crippen LogP) is 2.44. The molecular formula is C16H20N6O3S2. The lowest BCUT2D eigenvalue weighted by atomic mass is 10.0. The van der Waals surface area contributed by atoms with Crippen molar-refractivity contribution in [3.05, 3.63) is 52.2 Å². The van der Waals surface area contributed by atoms with E-state index in [-0.39, 0.29) is 6.04 Å². The number of nitrogens with one attached hydrogen (secondary N) is 2. The van der Waals surface area contributed by atoms with Crippen LogP contribution in [0.3, 0.4) is 0 Å². The van der Waals surface area contributed by atoms with Crippen LogP contribution in [0.1, 0.15) is 29.2 Å². The summed E-state index contributed by atoms with van der Waals surface area (Å²) in [5.41, 5.74) is 2.17. The van der Waals surface area contributed by atoms with Crippen molar-refractivity contribution < 1.29 is 13.0 Å². The van der Waals surface area contributed by atoms with E-state index in [4.69, 9.17) is 4.55 Å². The van der Waals surface area contributed by atoms with Gasteiger partial charge < -0.3 is 5.32 Å². The third kappa shape index (κ3) is 5.49. The van der Waals surface area contributed by atoms with E-state index >= 15 is 0 Å². The molecule has 0 spiro atoms. The Balaban J connectivity index is 1.80. The van der Waals surface area contributed by atoms with Gasteiger partial charge in [0.25, 0.3) is 0 Å². The zero-order valence-corrected chi connectivity index (χ0v) is 16.5. The quantitative estimate of drug-likeness (QED) is 0.489. The first-order chi connectivity index (χ1) is 12.8. The summed E-state index contributed by atoms with van der Waals surface area (Å²) in [6.45, 7) is 2.06. The topological polar surface area (TPSA) is 122 Å². The Morgan fingerprint density at radius 1 is 1.30 bits per heavy atom. The molecule has 0 aliphatic carbocycles. The number of benzene rings is 1. The van der Waals surface area contributed by atoms with Crippen LogP contribution in [0.4, 0.5) is 11.6 Å². The molecule has 144 valence electrons. The van der Waals surface area contributed by atoms with Gasteiger partial charge in [-0.1, -0.05) is 19.1 Å². The van der Waals surface area contributed by atoms with Crippen molar-refractivity contribution in [1.29, 1.82) is 0 Å². The summed E-state index contributed by atoms with van der Waals surface area (Å²) >= 11 is 1.61. The van der Waals surface area contributed by atoms with Gasteiger partial charge in [-0.25, -0.2) is 9.97 Å². The number of aromatic nitrogens is 4. The summed E-state index contributed by atoms with van der Waals surface area (Å²) in [5, 5.41) is 10.6. The highest BCUT2D eigenvalue weighted by Crippen LogP contribution is 2.25. The summed E-state index contributed by atoms with van der Waals surface area (Å²) in [6.07, 6.45) is 3.10. The molecule has 9 nitrogen and oxygen atoms in total. The van der Waals surface area contributed by atoms with Crippen molar-refractivity contribution in [2.45, 2.75) is 25.8 Å². The zero-order chi connectivity index (χ0) is 19.4. The van der Waals surface area contributed by atoms with Crippen LogP contribution in [0.15, 0.2) is 36.0 Å². The summed E-state index contributed by atoms with van der Waals surface area (Å²) in [7, 11) is -2.49. The zero-order valence-electron chi connectivity index (χ0n) is 14.8. The molecule has 0 aliphatic heterocycles. The second-order valence-electron chi connectivity index (χ2n) is 5.94. The molecule has 1 atom stereocenters. The third-order valence-corrected chi connectivity index (χ3v) is 5.28. The molecule has 0 aliphatic rings. The Morgan fingerprint density at radius 3 is 2.59 bits per heavy atom. The Kier molecular flexibility index (Phi) is 5.73. The predicted molar refractivity (Wildman–Crippen MR) is 104 cm³/mol. The minimum atomic E-state index is -4.28. The van der Waals surface area contributed by atoms with Crippen LogP contribution in [0.2, 0.25) is 0 Å². The first-order valence-electron chi connectivity index (χ1n) is 8.23. The smallest absolute Gasteiger partial charge is 0.344 e. The average molecular weight is 409 g/mol. The summed E-state index contributed by atoms with van der Waals surface area (Å²) in [5.74, 6) is 0.512. The number of nitrogens with zero attached hydrogens (tertiary/aromatic N) is 4. The molecular weight excluding hydrogens is 388 g/mol. The highest BCUT2D eigenvalue weighted by molar-refractivity contribution is 7.87. The summed E-state index contributed by atoms with van der Waals surface area (Å²) in [4.78, 5) is 8.88. The van der Waals surface area contributed by atoms with Gasteiger partial charge in [0.05, 0.1) is 22.4 Å². The summed E-state index contributed by atoms with van der Waals surface area (Å²) in [6, 6.07) is 6.64. The third-order valence-electron chi connectivity index (χ3n) is 3.77. The molecule has 1 unspecified atom stereocenters. The van der Waals surface area contributed by atoms with Crippen molar-refractivity contribution in [2.75, 3.05) is 10.0 Å². The van der Waals surface area contributed by atoms with Crippen LogP contribution < -0.4 is 10.0 Å². The lowest BCUT2D eigenvalue weighted by molar-refractivity contribution is 0.489. The van der Waals surface area contributed by atoms with Crippen molar-refractivity contribution >= 4 is 33.3 Å². The van der Waals surface area contributed by atoms with Crippen molar-refractivity contribution in [3.63, 3.8) is 0 Å². The lowest BCUT2D eigenvalue weighted by Crippen LogP contribution is -2.16. The molecule has 1 aromatic carbocycles. The Morgan fingerprint density at radius 2 is 2.04 bits per heavy atom. The largest absolute Gasteiger partial charge is 0.357 e. The lowest BCUT2D eigenvalue weighted by Gasteiger charge is -2.16. The molecule has 27 heavy (non-hydrogen) atoms. The molecule has 0 amide bonds. The van der Waals surface area contributed by atoms with E-state index in [0.29, 0.717) is 18.1 Å². The fraction of sp³-hybridized carbons (Fsp3) is 0.312. The maximum atomic E-state index is 10.9. The van der Waals surface area contributed by atoms with Gasteiger partial charge in [-0.05, 0) is 30.5 Å². The van der Waals surface area contributed by atoms with Crippen LogP contribution in [-0.2, 0) is 30.2 Å². The van der Waals surface area contributed by atoms with Crippen LogP contribution in [0, 0.1) is 0 Å².